The molecule has 0 saturated heterocycles. The Hall–Kier alpha value is -1.52. The van der Waals surface area contributed by atoms with Crippen molar-refractivity contribution in [1.29, 1.82) is 0 Å². The lowest BCUT2D eigenvalue weighted by Gasteiger charge is -2.11. The molecule has 1 heterocycles. The molecule has 2 aliphatic carbocycles. The first-order chi connectivity index (χ1) is 8.15. The van der Waals surface area contributed by atoms with E-state index in [4.69, 9.17) is 5.73 Å². The molecule has 1 aromatic rings. The minimum atomic E-state index is 0.181. The van der Waals surface area contributed by atoms with Crippen molar-refractivity contribution in [1.82, 2.24) is 15.1 Å². The summed E-state index contributed by atoms with van der Waals surface area (Å²) >= 11 is 0. The number of hydrogen-bond donors (Lipinski definition) is 2. The second-order valence-corrected chi connectivity index (χ2v) is 5.32. The third-order valence-electron chi connectivity index (χ3n) is 4.13. The Balaban J connectivity index is 1.54. The van der Waals surface area contributed by atoms with Gasteiger partial charge in [0.25, 0.3) is 0 Å². The van der Waals surface area contributed by atoms with Crippen molar-refractivity contribution in [2.75, 3.05) is 5.73 Å². The van der Waals surface area contributed by atoms with Gasteiger partial charge >= 0.3 is 0 Å². The molecule has 3 rings (SSSR count). The highest BCUT2D eigenvalue weighted by atomic mass is 16.1. The number of amides is 1. The zero-order chi connectivity index (χ0) is 12.0. The number of nitrogen functional groups attached to an aromatic ring is 1. The number of nitrogens with one attached hydrogen (secondary N) is 1. The molecule has 5 heteroatoms. The molecule has 1 amide bonds. The van der Waals surface area contributed by atoms with Gasteiger partial charge in [-0.25, -0.2) is 0 Å². The number of nitrogens with two attached hydrogens (primary N) is 1. The third-order valence-corrected chi connectivity index (χ3v) is 4.13. The van der Waals surface area contributed by atoms with Crippen LogP contribution in [0.15, 0.2) is 6.20 Å². The highest BCUT2D eigenvalue weighted by Gasteiger charge is 2.47. The van der Waals surface area contributed by atoms with Crippen LogP contribution >= 0.6 is 0 Å². The molecule has 2 atom stereocenters. The lowest BCUT2D eigenvalue weighted by molar-refractivity contribution is -0.125. The number of carbonyl (C=O) groups excluding carboxylic acids is 1. The van der Waals surface area contributed by atoms with Gasteiger partial charge in [0.1, 0.15) is 5.82 Å². The van der Waals surface area contributed by atoms with Crippen LogP contribution in [0.5, 0.6) is 0 Å². The number of anilines is 1. The van der Waals surface area contributed by atoms with E-state index < -0.39 is 0 Å². The smallest absolute Gasteiger partial charge is 0.223 e. The van der Waals surface area contributed by atoms with Crippen LogP contribution in [-0.2, 0) is 18.4 Å². The molecule has 5 nitrogen and oxygen atoms in total. The summed E-state index contributed by atoms with van der Waals surface area (Å²) in [6.07, 6.45) is 5.22. The fourth-order valence-corrected chi connectivity index (χ4v) is 2.88. The maximum atomic E-state index is 11.9. The molecule has 0 bridgehead atoms. The van der Waals surface area contributed by atoms with Gasteiger partial charge in [-0.3, -0.25) is 9.48 Å². The Kier molecular flexibility index (Phi) is 2.34. The number of fused-ring (bicyclic) bond motifs is 1. The average Bonchev–Trinajstić information content (AvgIpc) is 2.80. The molecule has 0 aromatic carbocycles. The number of nitrogens with zero attached hydrogens (tertiary/aromatic N) is 2. The van der Waals surface area contributed by atoms with Gasteiger partial charge in [0.2, 0.25) is 5.91 Å². The first kappa shape index (κ1) is 10.6. The minimum absolute atomic E-state index is 0.181. The number of rotatable bonds is 3. The van der Waals surface area contributed by atoms with E-state index in [0.717, 1.165) is 30.2 Å². The summed E-state index contributed by atoms with van der Waals surface area (Å²) in [4.78, 5) is 11.9. The fourth-order valence-electron chi connectivity index (χ4n) is 2.88. The molecule has 2 fully saturated rings. The van der Waals surface area contributed by atoms with Crippen LogP contribution in [0.3, 0.4) is 0 Å². The Morgan fingerprint density at radius 1 is 1.53 bits per heavy atom. The van der Waals surface area contributed by atoms with Crippen LogP contribution in [0.1, 0.15) is 24.8 Å². The van der Waals surface area contributed by atoms with Crippen LogP contribution in [0.4, 0.5) is 5.82 Å². The molecule has 0 spiro atoms. The Labute approximate surface area is 100 Å². The molecule has 1 aromatic heterocycles. The predicted molar refractivity (Wildman–Crippen MR) is 63.8 cm³/mol. The van der Waals surface area contributed by atoms with Crippen molar-refractivity contribution < 1.29 is 4.79 Å². The van der Waals surface area contributed by atoms with Gasteiger partial charge in [0.15, 0.2) is 0 Å². The Bertz CT molecular complexity index is 443. The maximum absolute atomic E-state index is 11.9. The molecule has 2 aliphatic rings. The number of carbonyl (C=O) groups is 1. The van der Waals surface area contributed by atoms with Gasteiger partial charge in [-0.05, 0) is 31.1 Å². The van der Waals surface area contributed by atoms with Crippen molar-refractivity contribution in [3.05, 3.63) is 11.8 Å². The van der Waals surface area contributed by atoms with Crippen molar-refractivity contribution in [2.45, 2.75) is 25.8 Å². The number of hydrogen-bond acceptors (Lipinski definition) is 3. The topological polar surface area (TPSA) is 72.9 Å². The monoisotopic (exact) mass is 234 g/mol. The highest BCUT2D eigenvalue weighted by Crippen LogP contribution is 2.54. The van der Waals surface area contributed by atoms with Crippen LogP contribution in [0, 0.1) is 17.8 Å². The fraction of sp³-hybridized carbons (Fsp3) is 0.667. The molecule has 0 aliphatic heterocycles. The van der Waals surface area contributed by atoms with Gasteiger partial charge in [-0.15, -0.1) is 0 Å². The van der Waals surface area contributed by atoms with Gasteiger partial charge in [-0.2, -0.15) is 5.10 Å². The molecule has 17 heavy (non-hydrogen) atoms. The Morgan fingerprint density at radius 2 is 2.24 bits per heavy atom. The van der Waals surface area contributed by atoms with E-state index in [1.54, 1.807) is 17.9 Å². The normalized spacial score (nSPS) is 30.1. The van der Waals surface area contributed by atoms with E-state index in [9.17, 15) is 4.79 Å². The molecule has 3 N–H and O–H groups in total. The van der Waals surface area contributed by atoms with Gasteiger partial charge in [-0.1, -0.05) is 0 Å². The first-order valence-corrected chi connectivity index (χ1v) is 6.19. The van der Waals surface area contributed by atoms with E-state index in [0.29, 0.717) is 12.4 Å². The number of aryl methyl sites for hydroxylation is 1. The quantitative estimate of drug-likeness (QED) is 0.807. The lowest BCUT2D eigenvalue weighted by Crippen LogP contribution is -2.29. The molecule has 92 valence electrons. The summed E-state index contributed by atoms with van der Waals surface area (Å²) in [5.74, 6) is 2.72. The lowest BCUT2D eigenvalue weighted by atomic mass is 10.0. The van der Waals surface area contributed by atoms with Crippen molar-refractivity contribution in [2.24, 2.45) is 24.8 Å². The van der Waals surface area contributed by atoms with Crippen molar-refractivity contribution >= 4 is 11.7 Å². The van der Waals surface area contributed by atoms with Crippen LogP contribution in [0.2, 0.25) is 0 Å². The first-order valence-electron chi connectivity index (χ1n) is 6.19. The maximum Gasteiger partial charge on any atom is 0.223 e. The van der Waals surface area contributed by atoms with E-state index in [1.807, 2.05) is 0 Å². The van der Waals surface area contributed by atoms with Gasteiger partial charge in [0, 0.05) is 25.1 Å². The summed E-state index contributed by atoms with van der Waals surface area (Å²) in [5, 5.41) is 7.01. The molecule has 0 radical (unpaired) electrons. The second kappa shape index (κ2) is 3.75. The molecular weight excluding hydrogens is 216 g/mol. The Morgan fingerprint density at radius 3 is 2.82 bits per heavy atom. The summed E-state index contributed by atoms with van der Waals surface area (Å²) in [6, 6.07) is 0. The second-order valence-electron chi connectivity index (χ2n) is 5.32. The van der Waals surface area contributed by atoms with E-state index >= 15 is 0 Å². The molecule has 2 unspecified atom stereocenters. The standard InChI is InChI=1S/C12H18N4O/c1-16-11(13)10(6-15-16)5-14-12(17)9-3-7-2-8(7)4-9/h6-9H,2-5,13H2,1H3,(H,14,17). The largest absolute Gasteiger partial charge is 0.384 e. The number of aromatic nitrogens is 2. The molecular formula is C12H18N4O. The van der Waals surface area contributed by atoms with Crippen LogP contribution < -0.4 is 11.1 Å². The van der Waals surface area contributed by atoms with E-state index in [-0.39, 0.29) is 11.8 Å². The molecule has 2 saturated carbocycles. The van der Waals surface area contributed by atoms with Crippen molar-refractivity contribution in [3.63, 3.8) is 0 Å². The zero-order valence-corrected chi connectivity index (χ0v) is 10.0. The van der Waals surface area contributed by atoms with Crippen LogP contribution in [0.25, 0.3) is 0 Å². The van der Waals surface area contributed by atoms with E-state index in [2.05, 4.69) is 10.4 Å². The summed E-state index contributed by atoms with van der Waals surface area (Å²) < 4.78 is 1.62. The zero-order valence-electron chi connectivity index (χ0n) is 10.0. The predicted octanol–water partition coefficient (Wildman–Crippen LogP) is 0.665. The van der Waals surface area contributed by atoms with Crippen molar-refractivity contribution in [3.8, 4) is 0 Å². The van der Waals surface area contributed by atoms with E-state index in [1.165, 1.54) is 6.42 Å². The SMILES string of the molecule is Cn1ncc(CNC(=O)C2CC3CC3C2)c1N. The highest BCUT2D eigenvalue weighted by molar-refractivity contribution is 5.79. The third kappa shape index (κ3) is 1.90. The van der Waals surface area contributed by atoms with Gasteiger partial charge < -0.3 is 11.1 Å². The summed E-state index contributed by atoms with van der Waals surface area (Å²) in [6.45, 7) is 0.490. The van der Waals surface area contributed by atoms with Crippen LogP contribution in [-0.4, -0.2) is 15.7 Å². The van der Waals surface area contributed by atoms with Gasteiger partial charge in [0.05, 0.1) is 6.20 Å². The average molecular weight is 234 g/mol. The summed E-state index contributed by atoms with van der Waals surface area (Å²) in [5.41, 5.74) is 6.71. The summed E-state index contributed by atoms with van der Waals surface area (Å²) in [7, 11) is 1.80. The minimum Gasteiger partial charge on any atom is -0.384 e.